The maximum atomic E-state index is 11.6. The van der Waals surface area contributed by atoms with Crippen molar-refractivity contribution in [2.45, 2.75) is 6.54 Å². The lowest BCUT2D eigenvalue weighted by atomic mass is 10.1. The molecule has 1 fully saturated rings. The van der Waals surface area contributed by atoms with Gasteiger partial charge in [-0.15, -0.1) is 11.3 Å². The van der Waals surface area contributed by atoms with Crippen LogP contribution < -0.4 is 10.5 Å². The van der Waals surface area contributed by atoms with Gasteiger partial charge in [-0.3, -0.25) is 9.69 Å². The third-order valence-corrected chi connectivity index (χ3v) is 6.21. The number of nitrogens with two attached hydrogens (primary N) is 1. The SMILES string of the molecule is NC(=O)c1cccc(Oc2nc(CN3CCOCC3)nc3scc(-c4ccccc4)c23)c1. The minimum absolute atomic E-state index is 0.384. The third-order valence-electron chi connectivity index (χ3n) is 5.33. The monoisotopic (exact) mass is 446 g/mol. The van der Waals surface area contributed by atoms with Gasteiger partial charge in [0.2, 0.25) is 11.8 Å². The third kappa shape index (κ3) is 4.34. The highest BCUT2D eigenvalue weighted by Crippen LogP contribution is 2.39. The number of thiophene rings is 1. The van der Waals surface area contributed by atoms with Crippen molar-refractivity contribution in [1.82, 2.24) is 14.9 Å². The number of aromatic nitrogens is 2. The molecule has 7 nitrogen and oxygen atoms in total. The molecule has 8 heteroatoms. The molecule has 32 heavy (non-hydrogen) atoms. The molecule has 1 saturated heterocycles. The smallest absolute Gasteiger partial charge is 0.248 e. The van der Waals surface area contributed by atoms with Gasteiger partial charge >= 0.3 is 0 Å². The Morgan fingerprint density at radius 2 is 1.91 bits per heavy atom. The Labute approximate surface area is 189 Å². The fourth-order valence-electron chi connectivity index (χ4n) is 3.71. The van der Waals surface area contributed by atoms with Crippen LogP contribution in [0.15, 0.2) is 60.0 Å². The Morgan fingerprint density at radius 3 is 2.69 bits per heavy atom. The number of rotatable bonds is 6. The minimum Gasteiger partial charge on any atom is -0.438 e. The Hall–Kier alpha value is -3.33. The summed E-state index contributed by atoms with van der Waals surface area (Å²) in [5.41, 5.74) is 7.92. The number of carbonyl (C=O) groups excluding carboxylic acids is 1. The van der Waals surface area contributed by atoms with Crippen molar-refractivity contribution >= 4 is 27.5 Å². The summed E-state index contributed by atoms with van der Waals surface area (Å²) in [6, 6.07) is 16.9. The first-order chi connectivity index (χ1) is 15.7. The highest BCUT2D eigenvalue weighted by Gasteiger charge is 2.19. The second-order valence-corrected chi connectivity index (χ2v) is 8.38. The fraction of sp³-hybridized carbons (Fsp3) is 0.208. The quantitative estimate of drug-likeness (QED) is 0.480. The summed E-state index contributed by atoms with van der Waals surface area (Å²) in [6.07, 6.45) is 0. The van der Waals surface area contributed by atoms with Crippen LogP contribution >= 0.6 is 11.3 Å². The van der Waals surface area contributed by atoms with E-state index in [-0.39, 0.29) is 0 Å². The highest BCUT2D eigenvalue weighted by atomic mass is 32.1. The van der Waals surface area contributed by atoms with Gasteiger partial charge in [-0.1, -0.05) is 36.4 Å². The zero-order valence-corrected chi connectivity index (χ0v) is 18.2. The van der Waals surface area contributed by atoms with Crippen molar-refractivity contribution in [2.24, 2.45) is 5.73 Å². The molecule has 0 radical (unpaired) electrons. The molecule has 0 aliphatic carbocycles. The Morgan fingerprint density at radius 1 is 1.09 bits per heavy atom. The Balaban J connectivity index is 1.58. The number of morpholine rings is 1. The summed E-state index contributed by atoms with van der Waals surface area (Å²) >= 11 is 1.57. The number of hydrogen-bond acceptors (Lipinski definition) is 7. The molecule has 0 saturated carbocycles. The summed E-state index contributed by atoms with van der Waals surface area (Å²) in [7, 11) is 0. The molecule has 1 aliphatic rings. The molecule has 2 aromatic carbocycles. The van der Waals surface area contributed by atoms with E-state index in [1.807, 2.05) is 18.2 Å². The van der Waals surface area contributed by atoms with Crippen molar-refractivity contribution in [3.63, 3.8) is 0 Å². The van der Waals surface area contributed by atoms with Gasteiger partial charge in [0.15, 0.2) is 0 Å². The van der Waals surface area contributed by atoms with Crippen LogP contribution in [-0.2, 0) is 11.3 Å². The maximum absolute atomic E-state index is 11.6. The van der Waals surface area contributed by atoms with Crippen LogP contribution in [0.3, 0.4) is 0 Å². The molecule has 0 bridgehead atoms. The number of carbonyl (C=O) groups is 1. The normalized spacial score (nSPS) is 14.5. The molecule has 2 N–H and O–H groups in total. The molecule has 1 amide bonds. The van der Waals surface area contributed by atoms with E-state index in [0.29, 0.717) is 42.8 Å². The van der Waals surface area contributed by atoms with Crippen LogP contribution in [0.2, 0.25) is 0 Å². The van der Waals surface area contributed by atoms with Crippen LogP contribution in [0.4, 0.5) is 0 Å². The molecular weight excluding hydrogens is 424 g/mol. The van der Waals surface area contributed by atoms with E-state index in [4.69, 9.17) is 25.2 Å². The molecule has 2 aromatic heterocycles. The Bertz CT molecular complexity index is 1250. The van der Waals surface area contributed by atoms with Crippen molar-refractivity contribution in [1.29, 1.82) is 0 Å². The molecule has 0 spiro atoms. The van der Waals surface area contributed by atoms with Crippen LogP contribution in [0.1, 0.15) is 16.2 Å². The number of benzene rings is 2. The van der Waals surface area contributed by atoms with Crippen LogP contribution in [0, 0.1) is 0 Å². The van der Waals surface area contributed by atoms with Gasteiger partial charge in [0.05, 0.1) is 25.1 Å². The van der Waals surface area contributed by atoms with Gasteiger partial charge in [-0.25, -0.2) is 4.98 Å². The van der Waals surface area contributed by atoms with Gasteiger partial charge < -0.3 is 15.2 Å². The predicted molar refractivity (Wildman–Crippen MR) is 124 cm³/mol. The highest BCUT2D eigenvalue weighted by molar-refractivity contribution is 7.17. The lowest BCUT2D eigenvalue weighted by Gasteiger charge is -2.25. The topological polar surface area (TPSA) is 90.6 Å². The van der Waals surface area contributed by atoms with Gasteiger partial charge in [-0.05, 0) is 23.8 Å². The largest absolute Gasteiger partial charge is 0.438 e. The number of amides is 1. The number of hydrogen-bond donors (Lipinski definition) is 1. The van der Waals surface area contributed by atoms with Crippen molar-refractivity contribution < 1.29 is 14.3 Å². The van der Waals surface area contributed by atoms with Crippen molar-refractivity contribution in [3.05, 3.63) is 71.4 Å². The van der Waals surface area contributed by atoms with E-state index in [2.05, 4.69) is 22.4 Å². The standard InChI is InChI=1S/C24H22N4O3S/c25-22(29)17-7-4-8-18(13-17)31-23-21-19(16-5-2-1-3-6-16)15-32-24(21)27-20(26-23)14-28-9-11-30-12-10-28/h1-8,13,15H,9-12,14H2,(H2,25,29). The average Bonchev–Trinajstić information content (AvgIpc) is 3.25. The van der Waals surface area contributed by atoms with Crippen LogP contribution in [0.5, 0.6) is 11.6 Å². The lowest BCUT2D eigenvalue weighted by Crippen LogP contribution is -2.36. The van der Waals surface area contributed by atoms with E-state index in [9.17, 15) is 4.79 Å². The second kappa shape index (κ2) is 9.04. The summed E-state index contributed by atoms with van der Waals surface area (Å²) in [5, 5.41) is 2.94. The number of primary amides is 1. The first-order valence-corrected chi connectivity index (χ1v) is 11.3. The van der Waals surface area contributed by atoms with Crippen molar-refractivity contribution in [3.8, 4) is 22.8 Å². The first-order valence-electron chi connectivity index (χ1n) is 10.4. The summed E-state index contributed by atoms with van der Waals surface area (Å²) < 4.78 is 11.7. The van der Waals surface area contributed by atoms with E-state index < -0.39 is 5.91 Å². The fourth-order valence-corrected chi connectivity index (χ4v) is 4.67. The van der Waals surface area contributed by atoms with Crippen LogP contribution in [-0.4, -0.2) is 47.1 Å². The number of ether oxygens (including phenoxy) is 2. The van der Waals surface area contributed by atoms with E-state index in [0.717, 1.165) is 34.4 Å². The lowest BCUT2D eigenvalue weighted by molar-refractivity contribution is 0.0330. The Kier molecular flexibility index (Phi) is 5.81. The van der Waals surface area contributed by atoms with E-state index in [1.54, 1.807) is 35.6 Å². The van der Waals surface area contributed by atoms with E-state index >= 15 is 0 Å². The molecule has 0 atom stereocenters. The summed E-state index contributed by atoms with van der Waals surface area (Å²) in [6.45, 7) is 3.73. The van der Waals surface area contributed by atoms with E-state index in [1.165, 1.54) is 0 Å². The number of fused-ring (bicyclic) bond motifs is 1. The second-order valence-electron chi connectivity index (χ2n) is 7.52. The van der Waals surface area contributed by atoms with Gasteiger partial charge in [0.25, 0.3) is 0 Å². The minimum atomic E-state index is -0.503. The average molecular weight is 447 g/mol. The molecular formula is C24H22N4O3S. The molecule has 5 rings (SSSR count). The van der Waals surface area contributed by atoms with Gasteiger partial charge in [-0.2, -0.15) is 4.98 Å². The van der Waals surface area contributed by atoms with Gasteiger partial charge in [0.1, 0.15) is 16.4 Å². The predicted octanol–water partition coefficient (Wildman–Crippen LogP) is 4.08. The van der Waals surface area contributed by atoms with Crippen LogP contribution in [0.25, 0.3) is 21.3 Å². The number of nitrogens with zero attached hydrogens (tertiary/aromatic N) is 3. The first kappa shape index (κ1) is 20.6. The molecule has 4 aromatic rings. The molecule has 0 unspecified atom stereocenters. The zero-order valence-electron chi connectivity index (χ0n) is 17.4. The van der Waals surface area contributed by atoms with Crippen molar-refractivity contribution in [2.75, 3.05) is 26.3 Å². The summed E-state index contributed by atoms with van der Waals surface area (Å²) in [5.74, 6) is 1.17. The maximum Gasteiger partial charge on any atom is 0.248 e. The summed E-state index contributed by atoms with van der Waals surface area (Å²) in [4.78, 5) is 24.4. The zero-order chi connectivity index (χ0) is 21.9. The molecule has 1 aliphatic heterocycles. The van der Waals surface area contributed by atoms with Gasteiger partial charge in [0, 0.05) is 29.6 Å². The molecule has 3 heterocycles. The molecule has 162 valence electrons.